The van der Waals surface area contributed by atoms with Crippen molar-refractivity contribution in [1.29, 1.82) is 5.26 Å². The first kappa shape index (κ1) is 16.0. The average molecular weight is 316 g/mol. The maximum absolute atomic E-state index is 9.18. The summed E-state index contributed by atoms with van der Waals surface area (Å²) in [6.45, 7) is 0.673. The number of ether oxygens (including phenoxy) is 1. The quantitative estimate of drug-likeness (QED) is 0.582. The summed E-state index contributed by atoms with van der Waals surface area (Å²) in [6, 6.07) is 20.2. The van der Waals surface area contributed by atoms with Crippen LogP contribution < -0.4 is 4.74 Å². The number of rotatable bonds is 7. The van der Waals surface area contributed by atoms with E-state index in [9.17, 15) is 5.26 Å². The Morgan fingerprint density at radius 3 is 2.62 bits per heavy atom. The number of aromatic nitrogens is 1. The van der Waals surface area contributed by atoms with Crippen LogP contribution in [0.1, 0.15) is 30.4 Å². The minimum atomic E-state index is 0.633. The molecule has 0 bridgehead atoms. The summed E-state index contributed by atoms with van der Waals surface area (Å²) in [5.74, 6) is 0.757. The second-order valence-corrected chi connectivity index (χ2v) is 5.77. The molecule has 0 saturated heterocycles. The van der Waals surface area contributed by atoms with E-state index in [1.165, 1.54) is 12.0 Å². The van der Waals surface area contributed by atoms with Gasteiger partial charge in [-0.1, -0.05) is 30.3 Å². The SMILES string of the molecule is N#Cc1ccc(OCCCCCc2ccccc2)c2ncccc12. The predicted octanol–water partition coefficient (Wildman–Crippen LogP) is 4.90. The highest BCUT2D eigenvalue weighted by Gasteiger charge is 2.07. The molecule has 0 amide bonds. The Balaban J connectivity index is 1.51. The Labute approximate surface area is 142 Å². The van der Waals surface area contributed by atoms with Gasteiger partial charge in [0.25, 0.3) is 0 Å². The van der Waals surface area contributed by atoms with Crippen LogP contribution >= 0.6 is 0 Å². The van der Waals surface area contributed by atoms with Gasteiger partial charge in [-0.25, -0.2) is 0 Å². The maximum Gasteiger partial charge on any atom is 0.145 e. The monoisotopic (exact) mass is 316 g/mol. The molecule has 24 heavy (non-hydrogen) atoms. The van der Waals surface area contributed by atoms with Gasteiger partial charge in [0.2, 0.25) is 0 Å². The van der Waals surface area contributed by atoms with Crippen molar-refractivity contribution in [2.45, 2.75) is 25.7 Å². The van der Waals surface area contributed by atoms with Crippen LogP contribution in [0.2, 0.25) is 0 Å². The lowest BCUT2D eigenvalue weighted by Gasteiger charge is -2.09. The Hall–Kier alpha value is -2.86. The van der Waals surface area contributed by atoms with Crippen molar-refractivity contribution < 1.29 is 4.74 Å². The van der Waals surface area contributed by atoms with Crippen molar-refractivity contribution >= 4 is 10.9 Å². The second kappa shape index (κ2) is 8.12. The molecule has 0 aliphatic rings. The lowest BCUT2D eigenvalue weighted by Crippen LogP contribution is -1.99. The molecule has 0 saturated carbocycles. The highest BCUT2D eigenvalue weighted by molar-refractivity contribution is 5.89. The molecule has 3 heteroatoms. The van der Waals surface area contributed by atoms with Crippen molar-refractivity contribution in [3.8, 4) is 11.8 Å². The first-order valence-electron chi connectivity index (χ1n) is 8.33. The molecule has 1 heterocycles. The summed E-state index contributed by atoms with van der Waals surface area (Å²) < 4.78 is 5.90. The number of pyridine rings is 1. The zero-order valence-electron chi connectivity index (χ0n) is 13.6. The van der Waals surface area contributed by atoms with Gasteiger partial charge >= 0.3 is 0 Å². The van der Waals surface area contributed by atoms with E-state index in [-0.39, 0.29) is 0 Å². The Morgan fingerprint density at radius 1 is 0.917 bits per heavy atom. The summed E-state index contributed by atoms with van der Waals surface area (Å²) in [7, 11) is 0. The second-order valence-electron chi connectivity index (χ2n) is 5.77. The number of aryl methyl sites for hydroxylation is 1. The molecule has 0 radical (unpaired) electrons. The average Bonchev–Trinajstić information content (AvgIpc) is 2.65. The summed E-state index contributed by atoms with van der Waals surface area (Å²) in [5, 5.41) is 10.0. The third-order valence-corrected chi connectivity index (χ3v) is 4.06. The largest absolute Gasteiger partial charge is 0.491 e. The standard InChI is InChI=1S/C21H20N2O/c22-16-18-12-13-20(21-19(18)11-7-14-23-21)24-15-6-2-5-10-17-8-3-1-4-9-17/h1,3-4,7-9,11-14H,2,5-6,10,15H2. The summed E-state index contributed by atoms with van der Waals surface area (Å²) >= 11 is 0. The Morgan fingerprint density at radius 2 is 1.79 bits per heavy atom. The third kappa shape index (κ3) is 3.91. The van der Waals surface area contributed by atoms with Crippen molar-refractivity contribution in [3.05, 3.63) is 71.9 Å². The number of unbranched alkanes of at least 4 members (excludes halogenated alkanes) is 2. The van der Waals surface area contributed by atoms with Gasteiger partial charge in [0.1, 0.15) is 11.3 Å². The molecule has 3 aromatic rings. The number of fused-ring (bicyclic) bond motifs is 1. The van der Waals surface area contributed by atoms with E-state index < -0.39 is 0 Å². The number of benzene rings is 2. The van der Waals surface area contributed by atoms with Crippen LogP contribution in [0.4, 0.5) is 0 Å². The van der Waals surface area contributed by atoms with Crippen LogP contribution in [0.5, 0.6) is 5.75 Å². The zero-order valence-corrected chi connectivity index (χ0v) is 13.6. The fourth-order valence-corrected chi connectivity index (χ4v) is 2.80. The highest BCUT2D eigenvalue weighted by Crippen LogP contribution is 2.26. The van der Waals surface area contributed by atoms with E-state index in [1.807, 2.05) is 24.3 Å². The Kier molecular flexibility index (Phi) is 5.42. The molecule has 3 nitrogen and oxygen atoms in total. The third-order valence-electron chi connectivity index (χ3n) is 4.06. The van der Waals surface area contributed by atoms with Crippen molar-refractivity contribution in [1.82, 2.24) is 4.98 Å². The number of hydrogen-bond acceptors (Lipinski definition) is 3. The molecule has 0 atom stereocenters. The molecule has 2 aromatic carbocycles. The van der Waals surface area contributed by atoms with Crippen LogP contribution in [0, 0.1) is 11.3 Å². The molecule has 0 aliphatic carbocycles. The fraction of sp³-hybridized carbons (Fsp3) is 0.238. The topological polar surface area (TPSA) is 45.9 Å². The molecular formula is C21H20N2O. The maximum atomic E-state index is 9.18. The van der Waals surface area contributed by atoms with E-state index in [4.69, 9.17) is 4.74 Å². The van der Waals surface area contributed by atoms with E-state index in [1.54, 1.807) is 12.3 Å². The zero-order chi connectivity index (χ0) is 16.6. The summed E-state index contributed by atoms with van der Waals surface area (Å²) in [4.78, 5) is 4.37. The van der Waals surface area contributed by atoms with Gasteiger partial charge in [-0.05, 0) is 55.5 Å². The molecule has 120 valence electrons. The van der Waals surface area contributed by atoms with Gasteiger partial charge in [0.15, 0.2) is 0 Å². The molecule has 1 aromatic heterocycles. The molecule has 0 spiro atoms. The van der Waals surface area contributed by atoms with Crippen LogP contribution in [0.25, 0.3) is 10.9 Å². The summed E-state index contributed by atoms with van der Waals surface area (Å²) in [5.41, 5.74) is 2.79. The molecule has 0 aliphatic heterocycles. The van der Waals surface area contributed by atoms with Gasteiger partial charge in [-0.2, -0.15) is 5.26 Å². The van der Waals surface area contributed by atoms with Gasteiger partial charge in [-0.15, -0.1) is 0 Å². The molecular weight excluding hydrogens is 296 g/mol. The van der Waals surface area contributed by atoms with E-state index >= 15 is 0 Å². The lowest BCUT2D eigenvalue weighted by atomic mass is 10.1. The minimum Gasteiger partial charge on any atom is -0.491 e. The normalized spacial score (nSPS) is 10.5. The Bertz CT molecular complexity index is 837. The van der Waals surface area contributed by atoms with Crippen LogP contribution in [-0.2, 0) is 6.42 Å². The van der Waals surface area contributed by atoms with Crippen LogP contribution in [0.3, 0.4) is 0 Å². The van der Waals surface area contributed by atoms with Crippen LogP contribution in [0.15, 0.2) is 60.8 Å². The van der Waals surface area contributed by atoms with Crippen LogP contribution in [-0.4, -0.2) is 11.6 Å². The number of nitriles is 1. The number of nitrogens with zero attached hydrogens (tertiary/aromatic N) is 2. The first-order valence-corrected chi connectivity index (χ1v) is 8.33. The first-order chi connectivity index (χ1) is 11.9. The highest BCUT2D eigenvalue weighted by atomic mass is 16.5. The lowest BCUT2D eigenvalue weighted by molar-refractivity contribution is 0.308. The van der Waals surface area contributed by atoms with Gasteiger partial charge < -0.3 is 4.74 Å². The fourth-order valence-electron chi connectivity index (χ4n) is 2.80. The van der Waals surface area contributed by atoms with Crippen molar-refractivity contribution in [2.24, 2.45) is 0 Å². The predicted molar refractivity (Wildman–Crippen MR) is 96.0 cm³/mol. The molecule has 0 fully saturated rings. The van der Waals surface area contributed by atoms with Crippen molar-refractivity contribution in [3.63, 3.8) is 0 Å². The molecule has 3 rings (SSSR count). The smallest absolute Gasteiger partial charge is 0.145 e. The van der Waals surface area contributed by atoms with E-state index in [2.05, 4.69) is 35.3 Å². The van der Waals surface area contributed by atoms with Gasteiger partial charge in [0.05, 0.1) is 18.2 Å². The van der Waals surface area contributed by atoms with Gasteiger partial charge in [0, 0.05) is 11.6 Å². The number of hydrogen-bond donors (Lipinski definition) is 0. The van der Waals surface area contributed by atoms with E-state index in [0.717, 1.165) is 35.9 Å². The minimum absolute atomic E-state index is 0.633. The summed E-state index contributed by atoms with van der Waals surface area (Å²) in [6.07, 6.45) is 6.16. The molecule has 0 unspecified atom stereocenters. The van der Waals surface area contributed by atoms with E-state index in [0.29, 0.717) is 12.2 Å². The molecule has 0 N–H and O–H groups in total. The van der Waals surface area contributed by atoms with Crippen molar-refractivity contribution in [2.75, 3.05) is 6.61 Å². The van der Waals surface area contributed by atoms with Gasteiger partial charge in [-0.3, -0.25) is 4.98 Å².